The van der Waals surface area contributed by atoms with Crippen LogP contribution < -0.4 is 9.46 Å². The lowest BCUT2D eigenvalue weighted by atomic mass is 10.2. The largest absolute Gasteiger partial charge is 0.476 e. The van der Waals surface area contributed by atoms with Crippen molar-refractivity contribution in [3.05, 3.63) is 16.7 Å². The van der Waals surface area contributed by atoms with Crippen LogP contribution in [0.5, 0.6) is 5.88 Å². The van der Waals surface area contributed by atoms with Crippen molar-refractivity contribution in [3.8, 4) is 5.88 Å². The minimum Gasteiger partial charge on any atom is -0.476 e. The second kappa shape index (κ2) is 7.24. The van der Waals surface area contributed by atoms with Gasteiger partial charge in [-0.1, -0.05) is 0 Å². The molecule has 0 aliphatic carbocycles. The topological polar surface area (TPSA) is 71.5 Å². The number of rotatable bonds is 7. The smallest absolute Gasteiger partial charge is 0.238 e. The molecule has 1 unspecified atom stereocenters. The summed E-state index contributed by atoms with van der Waals surface area (Å²) in [7, 11) is 0.628. The van der Waals surface area contributed by atoms with E-state index < -0.39 is 10.0 Å². The molecule has 1 aromatic rings. The summed E-state index contributed by atoms with van der Waals surface area (Å²) in [5.41, 5.74) is 0.333. The first-order chi connectivity index (χ1) is 9.19. The molecule has 1 heterocycles. The molecule has 0 radical (unpaired) electrons. The third kappa shape index (κ3) is 6.06. The summed E-state index contributed by atoms with van der Waals surface area (Å²) in [4.78, 5) is 6.19. The Balaban J connectivity index is 2.74. The highest BCUT2D eigenvalue weighted by atomic mass is 79.9. The van der Waals surface area contributed by atoms with E-state index >= 15 is 0 Å². The van der Waals surface area contributed by atoms with Crippen molar-refractivity contribution in [2.24, 2.45) is 0 Å². The number of anilines is 1. The van der Waals surface area contributed by atoms with Crippen molar-refractivity contribution in [3.63, 3.8) is 0 Å². The fourth-order valence-corrected chi connectivity index (χ4v) is 2.28. The molecule has 20 heavy (non-hydrogen) atoms. The third-order valence-electron chi connectivity index (χ3n) is 2.77. The van der Waals surface area contributed by atoms with Crippen LogP contribution in [0.2, 0.25) is 0 Å². The van der Waals surface area contributed by atoms with Gasteiger partial charge in [0.25, 0.3) is 0 Å². The number of sulfonamides is 1. The molecular formula is C12H20BrN3O3S. The summed E-state index contributed by atoms with van der Waals surface area (Å²) in [6.07, 6.45) is 3.48. The SMILES string of the molecule is CC(CCOc1ncc(Br)cc1NS(C)(=O)=O)N(C)C. The average Bonchev–Trinajstić information content (AvgIpc) is 2.29. The van der Waals surface area contributed by atoms with Crippen LogP contribution in [0.25, 0.3) is 0 Å². The molecule has 0 bridgehead atoms. The molecule has 0 amide bonds. The van der Waals surface area contributed by atoms with Crippen LogP contribution in [0.4, 0.5) is 5.69 Å². The molecule has 1 atom stereocenters. The molecule has 0 saturated heterocycles. The van der Waals surface area contributed by atoms with E-state index in [0.717, 1.165) is 12.7 Å². The predicted octanol–water partition coefficient (Wildman–Crippen LogP) is 1.93. The second-order valence-corrected chi connectivity index (χ2v) is 7.49. The van der Waals surface area contributed by atoms with Crippen molar-refractivity contribution < 1.29 is 13.2 Å². The monoisotopic (exact) mass is 365 g/mol. The lowest BCUT2D eigenvalue weighted by molar-refractivity contribution is 0.229. The maximum Gasteiger partial charge on any atom is 0.238 e. The van der Waals surface area contributed by atoms with Crippen molar-refractivity contribution >= 4 is 31.6 Å². The molecule has 0 aliphatic rings. The molecule has 0 fully saturated rings. The van der Waals surface area contributed by atoms with E-state index in [0.29, 0.717) is 22.8 Å². The third-order valence-corrected chi connectivity index (χ3v) is 3.79. The molecule has 1 aromatic heterocycles. The Morgan fingerprint density at radius 2 is 2.15 bits per heavy atom. The number of nitrogens with one attached hydrogen (secondary N) is 1. The molecule has 0 spiro atoms. The van der Waals surface area contributed by atoms with Gasteiger partial charge < -0.3 is 9.64 Å². The van der Waals surface area contributed by atoms with E-state index in [9.17, 15) is 8.42 Å². The van der Waals surface area contributed by atoms with Crippen LogP contribution in [0.1, 0.15) is 13.3 Å². The van der Waals surface area contributed by atoms with Crippen LogP contribution in [0, 0.1) is 0 Å². The minimum atomic E-state index is -3.37. The second-order valence-electron chi connectivity index (χ2n) is 4.83. The van der Waals surface area contributed by atoms with Gasteiger partial charge in [0.1, 0.15) is 5.69 Å². The fraction of sp³-hybridized carbons (Fsp3) is 0.583. The van der Waals surface area contributed by atoms with Crippen LogP contribution in [0.3, 0.4) is 0 Å². The zero-order valence-electron chi connectivity index (χ0n) is 12.1. The first-order valence-electron chi connectivity index (χ1n) is 6.11. The Bertz CT molecular complexity index is 549. The van der Waals surface area contributed by atoms with Gasteiger partial charge in [-0.25, -0.2) is 13.4 Å². The molecule has 6 nitrogen and oxygen atoms in total. The number of hydrogen-bond donors (Lipinski definition) is 1. The van der Waals surface area contributed by atoms with Gasteiger partial charge in [0.2, 0.25) is 15.9 Å². The number of hydrogen-bond acceptors (Lipinski definition) is 5. The quantitative estimate of drug-likeness (QED) is 0.799. The average molecular weight is 366 g/mol. The minimum absolute atomic E-state index is 0.282. The highest BCUT2D eigenvalue weighted by Crippen LogP contribution is 2.26. The Labute approximate surface area is 128 Å². The summed E-state index contributed by atoms with van der Waals surface area (Å²) >= 11 is 3.25. The molecule has 0 aromatic carbocycles. The lowest BCUT2D eigenvalue weighted by Gasteiger charge is -2.19. The van der Waals surface area contributed by atoms with Crippen molar-refractivity contribution in [2.75, 3.05) is 31.7 Å². The number of halogens is 1. The van der Waals surface area contributed by atoms with E-state index in [1.807, 2.05) is 14.1 Å². The summed E-state index contributed by atoms with van der Waals surface area (Å²) in [6.45, 7) is 2.56. The summed E-state index contributed by atoms with van der Waals surface area (Å²) in [5.74, 6) is 0.282. The number of nitrogens with zero attached hydrogens (tertiary/aromatic N) is 2. The van der Waals surface area contributed by atoms with Gasteiger partial charge in [0.05, 0.1) is 12.9 Å². The van der Waals surface area contributed by atoms with Gasteiger partial charge in [-0.05, 0) is 49.4 Å². The highest BCUT2D eigenvalue weighted by Gasteiger charge is 2.12. The first kappa shape index (κ1) is 17.2. The Morgan fingerprint density at radius 3 is 2.70 bits per heavy atom. The Hall–Kier alpha value is -0.860. The first-order valence-corrected chi connectivity index (χ1v) is 8.80. The van der Waals surface area contributed by atoms with Crippen molar-refractivity contribution in [2.45, 2.75) is 19.4 Å². The zero-order chi connectivity index (χ0) is 15.3. The molecule has 8 heteroatoms. The zero-order valence-corrected chi connectivity index (χ0v) is 14.5. The summed E-state index contributed by atoms with van der Waals surface area (Å²) in [6, 6.07) is 2.00. The number of ether oxygens (including phenoxy) is 1. The predicted molar refractivity (Wildman–Crippen MR) is 83.7 cm³/mol. The maximum absolute atomic E-state index is 11.3. The van der Waals surface area contributed by atoms with E-state index in [-0.39, 0.29) is 5.88 Å². The summed E-state index contributed by atoms with van der Waals surface area (Å²) < 4.78 is 31.3. The molecule has 0 aliphatic heterocycles. The number of pyridine rings is 1. The van der Waals surface area contributed by atoms with E-state index in [1.165, 1.54) is 0 Å². The van der Waals surface area contributed by atoms with Crippen LogP contribution in [-0.4, -0.2) is 51.3 Å². The standard InChI is InChI=1S/C12H20BrN3O3S/c1-9(16(2)3)5-6-19-12-11(15-20(4,17)18)7-10(13)8-14-12/h7-9,15H,5-6H2,1-4H3. The van der Waals surface area contributed by atoms with Crippen LogP contribution >= 0.6 is 15.9 Å². The van der Waals surface area contributed by atoms with Gasteiger partial charge in [-0.3, -0.25) is 4.72 Å². The van der Waals surface area contributed by atoms with E-state index in [2.05, 4.69) is 37.5 Å². The van der Waals surface area contributed by atoms with Gasteiger partial charge >= 0.3 is 0 Å². The normalized spacial score (nSPS) is 13.3. The van der Waals surface area contributed by atoms with Crippen LogP contribution in [-0.2, 0) is 10.0 Å². The maximum atomic E-state index is 11.3. The van der Waals surface area contributed by atoms with E-state index in [4.69, 9.17) is 4.74 Å². The molecule has 1 N–H and O–H groups in total. The van der Waals surface area contributed by atoms with E-state index in [1.54, 1.807) is 12.3 Å². The van der Waals surface area contributed by atoms with Crippen LogP contribution in [0.15, 0.2) is 16.7 Å². The van der Waals surface area contributed by atoms with Crippen molar-refractivity contribution in [1.29, 1.82) is 0 Å². The van der Waals surface area contributed by atoms with Gasteiger partial charge in [-0.2, -0.15) is 0 Å². The summed E-state index contributed by atoms with van der Waals surface area (Å²) in [5, 5.41) is 0. The Morgan fingerprint density at radius 1 is 1.50 bits per heavy atom. The fourth-order valence-electron chi connectivity index (χ4n) is 1.40. The van der Waals surface area contributed by atoms with Gasteiger partial charge in [0, 0.05) is 16.7 Å². The number of aromatic nitrogens is 1. The molecule has 0 saturated carbocycles. The lowest BCUT2D eigenvalue weighted by Crippen LogP contribution is -2.26. The molecular weight excluding hydrogens is 346 g/mol. The molecule has 1 rings (SSSR count). The van der Waals surface area contributed by atoms with Crippen molar-refractivity contribution in [1.82, 2.24) is 9.88 Å². The molecule has 114 valence electrons. The van der Waals surface area contributed by atoms with Gasteiger partial charge in [-0.15, -0.1) is 0 Å². The highest BCUT2D eigenvalue weighted by molar-refractivity contribution is 9.10. The Kier molecular flexibility index (Phi) is 6.22. The van der Waals surface area contributed by atoms with Gasteiger partial charge in [0.15, 0.2) is 0 Å².